The van der Waals surface area contributed by atoms with Crippen LogP contribution in [0.5, 0.6) is 0 Å². The number of nitrogens with zero attached hydrogens (tertiary/aromatic N) is 2. The van der Waals surface area contributed by atoms with Gasteiger partial charge in [0, 0.05) is 18.2 Å². The molecule has 0 aliphatic carbocycles. The summed E-state index contributed by atoms with van der Waals surface area (Å²) < 4.78 is 0. The first-order chi connectivity index (χ1) is 6.59. The van der Waals surface area contributed by atoms with Crippen LogP contribution in [0.15, 0.2) is 18.3 Å². The summed E-state index contributed by atoms with van der Waals surface area (Å²) in [6, 6.07) is 1.67. The van der Waals surface area contributed by atoms with Crippen LogP contribution in [0.1, 0.15) is 31.3 Å². The lowest BCUT2D eigenvalue weighted by Gasteiger charge is -2.02. The predicted octanol–water partition coefficient (Wildman–Crippen LogP) is 1.70. The molecule has 1 aromatic rings. The van der Waals surface area contributed by atoms with Gasteiger partial charge in [-0.25, -0.2) is 14.8 Å². The summed E-state index contributed by atoms with van der Waals surface area (Å²) in [5, 5.41) is 8.42. The van der Waals surface area contributed by atoms with Crippen LogP contribution in [0.2, 0.25) is 0 Å². The van der Waals surface area contributed by atoms with Crippen LogP contribution in [0.3, 0.4) is 0 Å². The fourth-order valence-corrected chi connectivity index (χ4v) is 0.916. The van der Waals surface area contributed by atoms with Crippen LogP contribution in [0.4, 0.5) is 0 Å². The van der Waals surface area contributed by atoms with Crippen molar-refractivity contribution in [3.63, 3.8) is 0 Å². The second kappa shape index (κ2) is 4.50. The van der Waals surface area contributed by atoms with Crippen molar-refractivity contribution < 1.29 is 9.90 Å². The van der Waals surface area contributed by atoms with Crippen molar-refractivity contribution in [2.45, 2.75) is 19.8 Å². The average Bonchev–Trinajstić information content (AvgIpc) is 2.15. The Morgan fingerprint density at radius 1 is 1.57 bits per heavy atom. The summed E-state index contributed by atoms with van der Waals surface area (Å²) in [6.07, 6.45) is 4.15. The monoisotopic (exact) mass is 192 g/mol. The van der Waals surface area contributed by atoms with Gasteiger partial charge in [-0.2, -0.15) is 0 Å². The van der Waals surface area contributed by atoms with Crippen LogP contribution in [-0.2, 0) is 4.79 Å². The minimum Gasteiger partial charge on any atom is -0.478 e. The van der Waals surface area contributed by atoms with E-state index in [9.17, 15) is 4.79 Å². The molecule has 1 rings (SSSR count). The van der Waals surface area contributed by atoms with Crippen molar-refractivity contribution in [1.29, 1.82) is 0 Å². The highest BCUT2D eigenvalue weighted by Gasteiger charge is 2.01. The summed E-state index contributed by atoms with van der Waals surface area (Å²) >= 11 is 0. The maximum Gasteiger partial charge on any atom is 0.328 e. The normalized spacial score (nSPS) is 11.1. The Morgan fingerprint density at radius 3 is 2.86 bits per heavy atom. The van der Waals surface area contributed by atoms with E-state index >= 15 is 0 Å². The van der Waals surface area contributed by atoms with E-state index in [4.69, 9.17) is 5.11 Å². The topological polar surface area (TPSA) is 63.1 Å². The Balaban J connectivity index is 2.89. The van der Waals surface area contributed by atoms with Gasteiger partial charge in [0.15, 0.2) is 0 Å². The van der Waals surface area contributed by atoms with Crippen LogP contribution >= 0.6 is 0 Å². The van der Waals surface area contributed by atoms with Gasteiger partial charge in [-0.3, -0.25) is 0 Å². The predicted molar refractivity (Wildman–Crippen MR) is 52.8 cm³/mol. The highest BCUT2D eigenvalue weighted by Crippen LogP contribution is 2.08. The van der Waals surface area contributed by atoms with Crippen LogP contribution in [0, 0.1) is 0 Å². The largest absolute Gasteiger partial charge is 0.478 e. The smallest absolute Gasteiger partial charge is 0.328 e. The molecule has 14 heavy (non-hydrogen) atoms. The molecule has 0 unspecified atom stereocenters. The van der Waals surface area contributed by atoms with Crippen molar-refractivity contribution in [2.24, 2.45) is 0 Å². The molecule has 0 spiro atoms. The molecule has 4 nitrogen and oxygen atoms in total. The molecule has 4 heteroatoms. The molecule has 1 N–H and O–H groups in total. The van der Waals surface area contributed by atoms with E-state index in [0.717, 1.165) is 11.9 Å². The number of aliphatic carboxylic acids is 1. The zero-order valence-electron chi connectivity index (χ0n) is 8.14. The standard InChI is InChI=1S/C10H12N2O2/c1-7(2)10-11-6-5-8(12-10)3-4-9(13)14/h3-7H,1-2H3,(H,13,14)/b4-3+. The fraction of sp³-hybridized carbons (Fsp3) is 0.300. The molecule has 0 amide bonds. The summed E-state index contributed by atoms with van der Waals surface area (Å²) in [4.78, 5) is 18.5. The van der Waals surface area contributed by atoms with E-state index < -0.39 is 5.97 Å². The second-order valence-electron chi connectivity index (χ2n) is 3.17. The first-order valence-corrected chi connectivity index (χ1v) is 4.33. The van der Waals surface area contributed by atoms with Gasteiger partial charge >= 0.3 is 5.97 Å². The van der Waals surface area contributed by atoms with Crippen molar-refractivity contribution >= 4 is 12.0 Å². The Labute approximate surface area is 82.3 Å². The first kappa shape index (κ1) is 10.4. The summed E-state index contributed by atoms with van der Waals surface area (Å²) in [6.45, 7) is 3.97. The van der Waals surface area contributed by atoms with Crippen LogP contribution < -0.4 is 0 Å². The van der Waals surface area contributed by atoms with Gasteiger partial charge in [-0.1, -0.05) is 13.8 Å². The van der Waals surface area contributed by atoms with Gasteiger partial charge in [-0.15, -0.1) is 0 Å². The second-order valence-corrected chi connectivity index (χ2v) is 3.17. The molecule has 0 radical (unpaired) electrons. The van der Waals surface area contributed by atoms with E-state index in [-0.39, 0.29) is 5.92 Å². The third-order valence-corrected chi connectivity index (χ3v) is 1.61. The maximum absolute atomic E-state index is 10.3. The third kappa shape index (κ3) is 2.97. The zero-order chi connectivity index (χ0) is 10.6. The van der Waals surface area contributed by atoms with E-state index in [1.807, 2.05) is 13.8 Å². The SMILES string of the molecule is CC(C)c1nccc(/C=C/C(=O)O)n1. The number of rotatable bonds is 3. The Bertz CT molecular complexity index is 359. The molecule has 0 saturated carbocycles. The van der Waals surface area contributed by atoms with Crippen LogP contribution in [-0.4, -0.2) is 21.0 Å². The lowest BCUT2D eigenvalue weighted by molar-refractivity contribution is -0.131. The molecule has 0 saturated heterocycles. The molecule has 0 aliphatic rings. The van der Waals surface area contributed by atoms with Crippen molar-refractivity contribution in [3.05, 3.63) is 29.9 Å². The number of carboxylic acids is 1. The molecule has 0 aromatic carbocycles. The summed E-state index contributed by atoms with van der Waals surface area (Å²) in [5.41, 5.74) is 0.617. The van der Waals surface area contributed by atoms with Gasteiger partial charge in [-0.05, 0) is 12.1 Å². The van der Waals surface area contributed by atoms with E-state index in [1.54, 1.807) is 12.3 Å². The minimum atomic E-state index is -0.977. The zero-order valence-corrected chi connectivity index (χ0v) is 8.14. The molecular formula is C10H12N2O2. The number of aromatic nitrogens is 2. The molecule has 0 bridgehead atoms. The maximum atomic E-state index is 10.3. The highest BCUT2D eigenvalue weighted by atomic mass is 16.4. The summed E-state index contributed by atoms with van der Waals surface area (Å²) in [5.74, 6) is -0.0135. The quantitative estimate of drug-likeness (QED) is 0.740. The number of hydrogen-bond acceptors (Lipinski definition) is 3. The molecular weight excluding hydrogens is 180 g/mol. The van der Waals surface area contributed by atoms with E-state index in [1.165, 1.54) is 6.08 Å². The summed E-state index contributed by atoms with van der Waals surface area (Å²) in [7, 11) is 0. The van der Waals surface area contributed by atoms with Gasteiger partial charge in [0.25, 0.3) is 0 Å². The first-order valence-electron chi connectivity index (χ1n) is 4.33. The Hall–Kier alpha value is -1.71. The average molecular weight is 192 g/mol. The number of carbonyl (C=O) groups is 1. The van der Waals surface area contributed by atoms with Gasteiger partial charge in [0.2, 0.25) is 0 Å². The van der Waals surface area contributed by atoms with Crippen molar-refractivity contribution in [2.75, 3.05) is 0 Å². The number of carboxylic acid groups (broad SMARTS) is 1. The van der Waals surface area contributed by atoms with E-state index in [2.05, 4.69) is 9.97 Å². The van der Waals surface area contributed by atoms with Gasteiger partial charge in [0.05, 0.1) is 5.69 Å². The fourth-order valence-electron chi connectivity index (χ4n) is 0.916. The molecule has 74 valence electrons. The molecule has 0 atom stereocenters. The minimum absolute atomic E-state index is 0.244. The Kier molecular flexibility index (Phi) is 3.34. The molecule has 0 fully saturated rings. The molecule has 0 aliphatic heterocycles. The Morgan fingerprint density at radius 2 is 2.29 bits per heavy atom. The van der Waals surface area contributed by atoms with Crippen LogP contribution in [0.25, 0.3) is 6.08 Å². The lowest BCUT2D eigenvalue weighted by Crippen LogP contribution is -1.98. The van der Waals surface area contributed by atoms with Crippen molar-refractivity contribution in [3.8, 4) is 0 Å². The van der Waals surface area contributed by atoms with Gasteiger partial charge < -0.3 is 5.11 Å². The highest BCUT2D eigenvalue weighted by molar-refractivity contribution is 5.84. The van der Waals surface area contributed by atoms with Gasteiger partial charge in [0.1, 0.15) is 5.82 Å². The third-order valence-electron chi connectivity index (χ3n) is 1.61. The molecule has 1 heterocycles. The number of hydrogen-bond donors (Lipinski definition) is 1. The lowest BCUT2D eigenvalue weighted by atomic mass is 10.2. The van der Waals surface area contributed by atoms with E-state index in [0.29, 0.717) is 5.69 Å². The molecule has 1 aromatic heterocycles. The van der Waals surface area contributed by atoms with Crippen molar-refractivity contribution in [1.82, 2.24) is 9.97 Å².